The summed E-state index contributed by atoms with van der Waals surface area (Å²) in [6.07, 6.45) is 3.52. The molecule has 0 saturated heterocycles. The van der Waals surface area contributed by atoms with Gasteiger partial charge in [-0.2, -0.15) is 5.10 Å². The Morgan fingerprint density at radius 1 is 1.07 bits per heavy atom. The van der Waals surface area contributed by atoms with E-state index >= 15 is 0 Å². The molecule has 3 aromatic rings. The van der Waals surface area contributed by atoms with Gasteiger partial charge in [-0.3, -0.25) is 14.3 Å². The Kier molecular flexibility index (Phi) is 5.78. The van der Waals surface area contributed by atoms with Gasteiger partial charge < -0.3 is 10.6 Å². The van der Waals surface area contributed by atoms with E-state index < -0.39 is 21.7 Å². The molecule has 0 spiro atoms. The molecule has 3 rings (SSSR count). The van der Waals surface area contributed by atoms with Crippen LogP contribution >= 0.6 is 0 Å². The number of nitrogens with one attached hydrogen (secondary N) is 3. The van der Waals surface area contributed by atoms with Gasteiger partial charge in [0, 0.05) is 18.3 Å². The molecule has 1 aromatic heterocycles. The van der Waals surface area contributed by atoms with Crippen molar-refractivity contribution >= 4 is 38.9 Å². The van der Waals surface area contributed by atoms with Crippen molar-refractivity contribution in [3.05, 3.63) is 60.4 Å². The molecule has 0 unspecified atom stereocenters. The summed E-state index contributed by atoms with van der Waals surface area (Å²) >= 11 is 0. The lowest BCUT2D eigenvalue weighted by Gasteiger charge is -2.14. The van der Waals surface area contributed by atoms with Gasteiger partial charge in [-0.15, -0.1) is 0 Å². The number of hydrogen-bond donors (Lipinski definition) is 3. The number of halogens is 1. The molecule has 156 valence electrons. The summed E-state index contributed by atoms with van der Waals surface area (Å²) in [4.78, 5) is 27.8. The lowest BCUT2D eigenvalue weighted by atomic mass is 10.1. The lowest BCUT2D eigenvalue weighted by molar-refractivity contribution is -0.114. The number of sulfonamides is 1. The third-order valence-corrected chi connectivity index (χ3v) is 4.34. The Morgan fingerprint density at radius 3 is 2.37 bits per heavy atom. The number of nitrogens with zero attached hydrogens (tertiary/aromatic N) is 3. The smallest absolute Gasteiger partial charge is 0.257 e. The Labute approximate surface area is 171 Å². The van der Waals surface area contributed by atoms with E-state index in [9.17, 15) is 22.4 Å². The largest absolute Gasteiger partial charge is 0.326 e. The molecular formula is C18H17FN6O4S. The van der Waals surface area contributed by atoms with Crippen molar-refractivity contribution in [2.24, 2.45) is 0 Å². The minimum atomic E-state index is -3.67. The van der Waals surface area contributed by atoms with Crippen LogP contribution in [0.5, 0.6) is 0 Å². The fraction of sp³-hybridized carbons (Fsp3) is 0.111. The van der Waals surface area contributed by atoms with Crippen molar-refractivity contribution in [2.75, 3.05) is 21.6 Å². The van der Waals surface area contributed by atoms with Crippen molar-refractivity contribution < 1.29 is 22.4 Å². The molecule has 0 aliphatic heterocycles. The summed E-state index contributed by atoms with van der Waals surface area (Å²) < 4.78 is 41.1. The van der Waals surface area contributed by atoms with Gasteiger partial charge in [0.15, 0.2) is 5.82 Å². The molecule has 1 heterocycles. The molecule has 0 bridgehead atoms. The summed E-state index contributed by atoms with van der Waals surface area (Å²) in [5.41, 5.74) is 0.504. The highest BCUT2D eigenvalue weighted by Crippen LogP contribution is 2.24. The van der Waals surface area contributed by atoms with Gasteiger partial charge in [0.1, 0.15) is 18.3 Å². The predicted octanol–water partition coefficient (Wildman–Crippen LogP) is 1.99. The lowest BCUT2D eigenvalue weighted by Crippen LogP contribution is -2.18. The third kappa shape index (κ3) is 5.17. The Balaban J connectivity index is 1.91. The van der Waals surface area contributed by atoms with Crippen LogP contribution in [-0.4, -0.2) is 41.3 Å². The van der Waals surface area contributed by atoms with Gasteiger partial charge in [-0.05, 0) is 36.4 Å². The molecule has 10 nitrogen and oxygen atoms in total. The first-order valence-electron chi connectivity index (χ1n) is 8.48. The van der Waals surface area contributed by atoms with E-state index in [0.717, 1.165) is 12.3 Å². The summed E-state index contributed by atoms with van der Waals surface area (Å²) in [5, 5.41) is 8.86. The first-order chi connectivity index (χ1) is 14.1. The van der Waals surface area contributed by atoms with Gasteiger partial charge in [0.05, 0.1) is 17.5 Å². The molecule has 2 amide bonds. The van der Waals surface area contributed by atoms with Crippen LogP contribution in [0.15, 0.2) is 49.1 Å². The van der Waals surface area contributed by atoms with Gasteiger partial charge >= 0.3 is 0 Å². The maximum Gasteiger partial charge on any atom is 0.257 e. The van der Waals surface area contributed by atoms with Gasteiger partial charge in [-0.25, -0.2) is 22.5 Å². The zero-order valence-corrected chi connectivity index (χ0v) is 16.7. The zero-order valence-electron chi connectivity index (χ0n) is 15.9. The average Bonchev–Trinajstić information content (AvgIpc) is 3.15. The van der Waals surface area contributed by atoms with Crippen molar-refractivity contribution in [3.8, 4) is 5.69 Å². The summed E-state index contributed by atoms with van der Waals surface area (Å²) in [6.45, 7) is 1.29. The van der Waals surface area contributed by atoms with Crippen LogP contribution in [0.1, 0.15) is 17.3 Å². The highest BCUT2D eigenvalue weighted by Gasteiger charge is 2.17. The second-order valence-corrected chi connectivity index (χ2v) is 8.02. The number of carbonyl (C=O) groups excluding carboxylic acids is 2. The average molecular weight is 432 g/mol. The number of anilines is 3. The maximum atomic E-state index is 14.4. The minimum absolute atomic E-state index is 0.00353. The second kappa shape index (κ2) is 8.29. The van der Waals surface area contributed by atoms with Gasteiger partial charge in [0.2, 0.25) is 15.9 Å². The molecule has 0 aliphatic rings. The van der Waals surface area contributed by atoms with Crippen molar-refractivity contribution in [3.63, 3.8) is 0 Å². The van der Waals surface area contributed by atoms with E-state index in [0.29, 0.717) is 5.69 Å². The third-order valence-electron chi connectivity index (χ3n) is 3.75. The van der Waals surface area contributed by atoms with Crippen LogP contribution in [0.25, 0.3) is 5.69 Å². The SMILES string of the molecule is CC(=O)Nc1ccc(NS(C)(=O)=O)c(C(=O)Nc2ccc(-n3cncn3)c(F)c2)c1. The van der Waals surface area contributed by atoms with Crippen LogP contribution in [-0.2, 0) is 14.8 Å². The summed E-state index contributed by atoms with van der Waals surface area (Å²) in [7, 11) is -3.67. The minimum Gasteiger partial charge on any atom is -0.326 e. The highest BCUT2D eigenvalue weighted by atomic mass is 32.2. The zero-order chi connectivity index (χ0) is 21.9. The Morgan fingerprint density at radius 2 is 1.77 bits per heavy atom. The molecule has 0 radical (unpaired) electrons. The Hall–Kier alpha value is -3.80. The molecule has 0 aliphatic carbocycles. The van der Waals surface area contributed by atoms with E-state index in [2.05, 4.69) is 25.4 Å². The quantitative estimate of drug-likeness (QED) is 0.545. The first-order valence-corrected chi connectivity index (χ1v) is 10.4. The predicted molar refractivity (Wildman–Crippen MR) is 108 cm³/mol. The Bertz CT molecular complexity index is 1210. The molecule has 0 atom stereocenters. The number of amides is 2. The molecular weight excluding hydrogens is 415 g/mol. The van der Waals surface area contributed by atoms with E-state index in [4.69, 9.17) is 0 Å². The topological polar surface area (TPSA) is 135 Å². The second-order valence-electron chi connectivity index (χ2n) is 6.28. The number of carbonyl (C=O) groups is 2. The van der Waals surface area contributed by atoms with Crippen molar-refractivity contribution in [1.82, 2.24) is 14.8 Å². The fourth-order valence-electron chi connectivity index (χ4n) is 2.60. The molecule has 30 heavy (non-hydrogen) atoms. The normalized spacial score (nSPS) is 11.0. The molecule has 0 saturated carbocycles. The number of rotatable bonds is 6. The first kappa shape index (κ1) is 20.9. The maximum absolute atomic E-state index is 14.4. The summed E-state index contributed by atoms with van der Waals surface area (Å²) in [6, 6.07) is 8.05. The van der Waals surface area contributed by atoms with Crippen molar-refractivity contribution in [2.45, 2.75) is 6.92 Å². The monoisotopic (exact) mass is 432 g/mol. The molecule has 12 heteroatoms. The van der Waals surface area contributed by atoms with E-state index in [1.807, 2.05) is 0 Å². The standard InChI is InChI=1S/C18H17FN6O4S/c1-11(26)22-12-3-5-16(24-30(2,28)29)14(7-12)18(27)23-13-4-6-17(15(19)8-13)25-10-20-9-21-25/h3-10,24H,1-2H3,(H,22,26)(H,23,27). The highest BCUT2D eigenvalue weighted by molar-refractivity contribution is 7.92. The summed E-state index contributed by atoms with van der Waals surface area (Å²) in [5.74, 6) is -1.73. The van der Waals surface area contributed by atoms with Crippen molar-refractivity contribution in [1.29, 1.82) is 0 Å². The van der Waals surface area contributed by atoms with Crippen LogP contribution in [0.2, 0.25) is 0 Å². The number of benzene rings is 2. The number of hydrogen-bond acceptors (Lipinski definition) is 6. The fourth-order valence-corrected chi connectivity index (χ4v) is 3.18. The van der Waals surface area contributed by atoms with Gasteiger partial charge in [-0.1, -0.05) is 0 Å². The van der Waals surface area contributed by atoms with Crippen LogP contribution < -0.4 is 15.4 Å². The number of aromatic nitrogens is 3. The van der Waals surface area contributed by atoms with E-state index in [1.165, 1.54) is 54.6 Å². The van der Waals surface area contributed by atoms with Crippen LogP contribution in [0, 0.1) is 5.82 Å². The molecule has 0 fully saturated rings. The van der Waals surface area contributed by atoms with E-state index in [1.54, 1.807) is 0 Å². The van der Waals surface area contributed by atoms with Crippen LogP contribution in [0.4, 0.5) is 21.5 Å². The van der Waals surface area contributed by atoms with Gasteiger partial charge in [0.25, 0.3) is 5.91 Å². The van der Waals surface area contributed by atoms with E-state index in [-0.39, 0.29) is 28.5 Å². The molecule has 3 N–H and O–H groups in total. The van der Waals surface area contributed by atoms with Crippen LogP contribution in [0.3, 0.4) is 0 Å². The molecule has 2 aromatic carbocycles.